The van der Waals surface area contributed by atoms with Gasteiger partial charge in [-0.15, -0.1) is 0 Å². The molecule has 0 aliphatic carbocycles. The van der Waals surface area contributed by atoms with Crippen LogP contribution < -0.4 is 0 Å². The van der Waals surface area contributed by atoms with Crippen LogP contribution in [-0.4, -0.2) is 20.2 Å². The van der Waals surface area contributed by atoms with Crippen molar-refractivity contribution in [2.75, 3.05) is 0 Å². The van der Waals surface area contributed by atoms with Crippen LogP contribution in [0.5, 0.6) is 11.6 Å². The van der Waals surface area contributed by atoms with E-state index in [1.807, 2.05) is 0 Å². The van der Waals surface area contributed by atoms with Crippen molar-refractivity contribution >= 4 is 21.8 Å². The van der Waals surface area contributed by atoms with E-state index in [0.717, 1.165) is 12.1 Å². The van der Waals surface area contributed by atoms with Crippen molar-refractivity contribution in [1.29, 1.82) is 0 Å². The van der Waals surface area contributed by atoms with Gasteiger partial charge < -0.3 is 10.2 Å². The molecule has 0 atom stereocenters. The topological polar surface area (TPSA) is 66.2 Å². The second kappa shape index (κ2) is 5.13. The van der Waals surface area contributed by atoms with E-state index in [-0.39, 0.29) is 33.4 Å². The maximum absolute atomic E-state index is 14.6. The molecule has 0 aliphatic rings. The molecule has 2 N–H and O–H groups in total. The third-order valence-corrected chi connectivity index (χ3v) is 3.83. The SMILES string of the molecule is Oc1cc(O)c2cc(F)c(-c3cccc4cccc(F)c34)nc2n1. The first kappa shape index (κ1) is 14.3. The van der Waals surface area contributed by atoms with Gasteiger partial charge in [0.25, 0.3) is 0 Å². The molecule has 2 heterocycles. The molecule has 4 nitrogen and oxygen atoms in total. The normalized spacial score (nSPS) is 11.2. The molecule has 0 saturated carbocycles. The summed E-state index contributed by atoms with van der Waals surface area (Å²) in [6, 6.07) is 11.6. The molecule has 2 aromatic carbocycles. The molecule has 0 radical (unpaired) electrons. The Balaban J connectivity index is 2.09. The minimum absolute atomic E-state index is 0.0303. The van der Waals surface area contributed by atoms with E-state index in [1.165, 1.54) is 6.07 Å². The van der Waals surface area contributed by atoms with E-state index < -0.39 is 17.5 Å². The van der Waals surface area contributed by atoms with Gasteiger partial charge in [-0.2, -0.15) is 4.98 Å². The third kappa shape index (κ3) is 2.11. The highest BCUT2D eigenvalue weighted by atomic mass is 19.1. The average molecular weight is 324 g/mol. The Morgan fingerprint density at radius 1 is 0.833 bits per heavy atom. The van der Waals surface area contributed by atoms with Crippen LogP contribution in [0.15, 0.2) is 48.5 Å². The van der Waals surface area contributed by atoms with Crippen molar-refractivity contribution in [2.24, 2.45) is 0 Å². The van der Waals surface area contributed by atoms with Crippen molar-refractivity contribution in [3.8, 4) is 22.9 Å². The maximum atomic E-state index is 14.6. The molecule has 0 saturated heterocycles. The van der Waals surface area contributed by atoms with E-state index in [4.69, 9.17) is 0 Å². The third-order valence-electron chi connectivity index (χ3n) is 3.83. The molecule has 0 amide bonds. The maximum Gasteiger partial charge on any atom is 0.216 e. The Bertz CT molecular complexity index is 1110. The smallest absolute Gasteiger partial charge is 0.216 e. The van der Waals surface area contributed by atoms with Crippen LogP contribution in [-0.2, 0) is 0 Å². The second-order valence-corrected chi connectivity index (χ2v) is 5.33. The fraction of sp³-hybridized carbons (Fsp3) is 0. The molecule has 2 aromatic heterocycles. The highest BCUT2D eigenvalue weighted by Crippen LogP contribution is 2.34. The molecule has 24 heavy (non-hydrogen) atoms. The van der Waals surface area contributed by atoms with E-state index >= 15 is 0 Å². The predicted octanol–water partition coefficient (Wildman–Crippen LogP) is 4.14. The standard InChI is InChI=1S/C18H10F2N2O2/c19-12-6-2-4-9-3-1-5-10(16(9)12)17-13(20)7-11-14(23)8-15(24)21-18(11)22-17/h1-8H,(H2,21,22,23,24). The molecule has 0 aliphatic heterocycles. The van der Waals surface area contributed by atoms with E-state index in [1.54, 1.807) is 30.3 Å². The Morgan fingerprint density at radius 2 is 1.58 bits per heavy atom. The summed E-state index contributed by atoms with van der Waals surface area (Å²) < 4.78 is 28.8. The zero-order valence-electron chi connectivity index (χ0n) is 12.2. The van der Waals surface area contributed by atoms with Crippen LogP contribution >= 0.6 is 0 Å². The van der Waals surface area contributed by atoms with Crippen LogP contribution in [0.4, 0.5) is 8.78 Å². The van der Waals surface area contributed by atoms with Gasteiger partial charge in [-0.05, 0) is 17.5 Å². The van der Waals surface area contributed by atoms with E-state index in [2.05, 4.69) is 9.97 Å². The summed E-state index contributed by atoms with van der Waals surface area (Å²) in [6.07, 6.45) is 0. The van der Waals surface area contributed by atoms with Gasteiger partial charge in [0.05, 0.1) is 5.39 Å². The van der Waals surface area contributed by atoms with Gasteiger partial charge in [0.2, 0.25) is 5.88 Å². The van der Waals surface area contributed by atoms with Crippen molar-refractivity contribution < 1.29 is 19.0 Å². The molecular weight excluding hydrogens is 314 g/mol. The molecule has 6 heteroatoms. The lowest BCUT2D eigenvalue weighted by molar-refractivity contribution is 0.439. The van der Waals surface area contributed by atoms with Gasteiger partial charge in [-0.3, -0.25) is 0 Å². The van der Waals surface area contributed by atoms with Gasteiger partial charge in [0, 0.05) is 17.0 Å². The summed E-state index contributed by atoms with van der Waals surface area (Å²) >= 11 is 0. The van der Waals surface area contributed by atoms with Crippen LogP contribution in [0.3, 0.4) is 0 Å². The van der Waals surface area contributed by atoms with Crippen molar-refractivity contribution in [3.05, 3.63) is 60.2 Å². The van der Waals surface area contributed by atoms with Crippen molar-refractivity contribution in [3.63, 3.8) is 0 Å². The van der Waals surface area contributed by atoms with Gasteiger partial charge in [0.15, 0.2) is 5.65 Å². The summed E-state index contributed by atoms with van der Waals surface area (Å²) in [5.41, 5.74) is 0.141. The average Bonchev–Trinajstić information content (AvgIpc) is 2.55. The highest BCUT2D eigenvalue weighted by Gasteiger charge is 2.16. The lowest BCUT2D eigenvalue weighted by Crippen LogP contribution is -1.95. The number of benzene rings is 2. The number of rotatable bonds is 1. The second-order valence-electron chi connectivity index (χ2n) is 5.33. The Morgan fingerprint density at radius 3 is 2.38 bits per heavy atom. The van der Waals surface area contributed by atoms with Crippen LogP contribution in [0.25, 0.3) is 33.1 Å². The number of fused-ring (bicyclic) bond motifs is 2. The number of hydrogen-bond donors (Lipinski definition) is 2. The highest BCUT2D eigenvalue weighted by molar-refractivity contribution is 5.97. The number of aromatic nitrogens is 2. The number of pyridine rings is 2. The largest absolute Gasteiger partial charge is 0.507 e. The zero-order chi connectivity index (χ0) is 16.8. The molecule has 4 rings (SSSR count). The van der Waals surface area contributed by atoms with Crippen molar-refractivity contribution in [1.82, 2.24) is 9.97 Å². The van der Waals surface area contributed by atoms with Crippen LogP contribution in [0.2, 0.25) is 0 Å². The van der Waals surface area contributed by atoms with Gasteiger partial charge in [-0.25, -0.2) is 13.8 Å². The molecular formula is C18H10F2N2O2. The molecule has 118 valence electrons. The number of halogens is 2. The summed E-state index contributed by atoms with van der Waals surface area (Å²) in [4.78, 5) is 7.88. The molecule has 0 spiro atoms. The number of hydrogen-bond acceptors (Lipinski definition) is 4. The minimum atomic E-state index is -0.721. The zero-order valence-corrected chi connectivity index (χ0v) is 12.2. The first-order valence-corrected chi connectivity index (χ1v) is 7.11. The Labute approximate surface area is 134 Å². The molecule has 4 aromatic rings. The predicted molar refractivity (Wildman–Crippen MR) is 85.7 cm³/mol. The number of aromatic hydroxyl groups is 2. The summed E-state index contributed by atoms with van der Waals surface area (Å²) in [7, 11) is 0. The van der Waals surface area contributed by atoms with Crippen molar-refractivity contribution in [2.45, 2.75) is 0 Å². The lowest BCUT2D eigenvalue weighted by atomic mass is 10.0. The van der Waals surface area contributed by atoms with E-state index in [9.17, 15) is 19.0 Å². The van der Waals surface area contributed by atoms with Gasteiger partial charge in [-0.1, -0.05) is 30.3 Å². The fourth-order valence-electron chi connectivity index (χ4n) is 2.78. The van der Waals surface area contributed by atoms with Crippen LogP contribution in [0.1, 0.15) is 0 Å². The Kier molecular flexibility index (Phi) is 3.06. The van der Waals surface area contributed by atoms with Gasteiger partial charge in [0.1, 0.15) is 23.1 Å². The summed E-state index contributed by atoms with van der Waals surface area (Å²) in [5, 5.41) is 20.2. The van der Waals surface area contributed by atoms with Crippen LogP contribution in [0, 0.1) is 11.6 Å². The molecule has 0 bridgehead atoms. The summed E-state index contributed by atoms with van der Waals surface area (Å²) in [6.45, 7) is 0. The molecule has 0 fully saturated rings. The monoisotopic (exact) mass is 324 g/mol. The van der Waals surface area contributed by atoms with E-state index in [0.29, 0.717) is 5.39 Å². The quantitative estimate of drug-likeness (QED) is 0.552. The fourth-order valence-corrected chi connectivity index (χ4v) is 2.78. The Hall–Kier alpha value is -3.28. The van der Waals surface area contributed by atoms with Gasteiger partial charge >= 0.3 is 0 Å². The first-order chi connectivity index (χ1) is 11.5. The molecule has 0 unspecified atom stereocenters. The first-order valence-electron chi connectivity index (χ1n) is 7.11. The summed E-state index contributed by atoms with van der Waals surface area (Å²) in [5.74, 6) is -1.98. The minimum Gasteiger partial charge on any atom is -0.507 e. The lowest BCUT2D eigenvalue weighted by Gasteiger charge is -2.10. The number of nitrogens with zero attached hydrogens (tertiary/aromatic N) is 2.